The summed E-state index contributed by atoms with van der Waals surface area (Å²) in [5.41, 5.74) is 3.49. The highest BCUT2D eigenvalue weighted by Crippen LogP contribution is 2.31. The summed E-state index contributed by atoms with van der Waals surface area (Å²) in [7, 11) is 1.90. The van der Waals surface area contributed by atoms with E-state index in [1.807, 2.05) is 7.05 Å². The Balaban J connectivity index is 2.25. The van der Waals surface area contributed by atoms with Crippen molar-refractivity contribution in [3.63, 3.8) is 0 Å². The van der Waals surface area contributed by atoms with Gasteiger partial charge in [0.15, 0.2) is 5.82 Å². The molecule has 1 aromatic carbocycles. The van der Waals surface area contributed by atoms with E-state index in [1.165, 1.54) is 16.0 Å². The molecule has 4 heteroatoms. The number of aromatic nitrogens is 2. The van der Waals surface area contributed by atoms with Gasteiger partial charge in [-0.3, -0.25) is 0 Å². The topological polar surface area (TPSA) is 37.8 Å². The summed E-state index contributed by atoms with van der Waals surface area (Å²) in [6, 6.07) is 8.43. The first kappa shape index (κ1) is 13.1. The van der Waals surface area contributed by atoms with Crippen LogP contribution in [0.2, 0.25) is 0 Å². The first-order valence-corrected chi connectivity index (χ1v) is 7.43. The molecule has 102 valence electrons. The first-order valence-electron chi connectivity index (χ1n) is 6.62. The van der Waals surface area contributed by atoms with Crippen LogP contribution in [0, 0.1) is 20.8 Å². The lowest BCUT2D eigenvalue weighted by Gasteiger charge is -2.07. The third-order valence-electron chi connectivity index (χ3n) is 3.47. The van der Waals surface area contributed by atoms with Gasteiger partial charge in [-0.1, -0.05) is 11.6 Å². The van der Waals surface area contributed by atoms with Gasteiger partial charge in [0.05, 0.1) is 10.4 Å². The lowest BCUT2D eigenvalue weighted by atomic mass is 10.1. The molecular formula is C16H17N3S. The van der Waals surface area contributed by atoms with E-state index in [4.69, 9.17) is 4.98 Å². The molecule has 0 amide bonds. The number of fused-ring (bicyclic) bond motifs is 1. The average Bonchev–Trinajstić information content (AvgIpc) is 2.77. The molecule has 0 bridgehead atoms. The molecule has 3 rings (SSSR count). The maximum absolute atomic E-state index is 4.71. The highest BCUT2D eigenvalue weighted by atomic mass is 32.1. The molecule has 1 N–H and O–H groups in total. The monoisotopic (exact) mass is 283 g/mol. The Morgan fingerprint density at radius 1 is 1.05 bits per heavy atom. The van der Waals surface area contributed by atoms with Gasteiger partial charge in [0, 0.05) is 17.3 Å². The van der Waals surface area contributed by atoms with Crippen molar-refractivity contribution in [1.29, 1.82) is 0 Å². The highest BCUT2D eigenvalue weighted by molar-refractivity contribution is 7.15. The third kappa shape index (κ3) is 2.16. The van der Waals surface area contributed by atoms with E-state index in [2.05, 4.69) is 55.3 Å². The number of rotatable bonds is 2. The highest BCUT2D eigenvalue weighted by Gasteiger charge is 2.11. The minimum atomic E-state index is 0.798. The van der Waals surface area contributed by atoms with Gasteiger partial charge in [0.1, 0.15) is 5.82 Å². The number of aryl methyl sites for hydroxylation is 3. The Kier molecular flexibility index (Phi) is 3.18. The molecule has 0 atom stereocenters. The Morgan fingerprint density at radius 2 is 1.85 bits per heavy atom. The molecule has 0 radical (unpaired) electrons. The van der Waals surface area contributed by atoms with Crippen molar-refractivity contribution in [2.24, 2.45) is 0 Å². The van der Waals surface area contributed by atoms with Gasteiger partial charge in [-0.05, 0) is 44.5 Å². The maximum Gasteiger partial charge on any atom is 0.172 e. The van der Waals surface area contributed by atoms with Crippen LogP contribution in [0.1, 0.15) is 16.0 Å². The van der Waals surface area contributed by atoms with Gasteiger partial charge < -0.3 is 5.32 Å². The SMILES string of the molecule is CNc1nc(-c2cc(C)c(C)s2)nc2ccc(C)cc12. The van der Waals surface area contributed by atoms with Crippen LogP contribution in [-0.2, 0) is 0 Å². The van der Waals surface area contributed by atoms with E-state index >= 15 is 0 Å². The summed E-state index contributed by atoms with van der Waals surface area (Å²) in [4.78, 5) is 11.8. The molecule has 0 aliphatic heterocycles. The van der Waals surface area contributed by atoms with Gasteiger partial charge in [0.25, 0.3) is 0 Å². The average molecular weight is 283 g/mol. The number of hydrogen-bond donors (Lipinski definition) is 1. The predicted molar refractivity (Wildman–Crippen MR) is 86.6 cm³/mol. The van der Waals surface area contributed by atoms with E-state index in [0.29, 0.717) is 0 Å². The fourth-order valence-corrected chi connectivity index (χ4v) is 3.19. The van der Waals surface area contributed by atoms with Crippen molar-refractivity contribution in [2.45, 2.75) is 20.8 Å². The largest absolute Gasteiger partial charge is 0.373 e. The summed E-state index contributed by atoms with van der Waals surface area (Å²) in [6.45, 7) is 6.34. The molecule has 0 fully saturated rings. The van der Waals surface area contributed by atoms with Crippen LogP contribution >= 0.6 is 11.3 Å². The van der Waals surface area contributed by atoms with Crippen LogP contribution < -0.4 is 5.32 Å². The van der Waals surface area contributed by atoms with E-state index in [9.17, 15) is 0 Å². The van der Waals surface area contributed by atoms with Crippen LogP contribution in [0.25, 0.3) is 21.6 Å². The molecule has 3 nitrogen and oxygen atoms in total. The summed E-state index contributed by atoms with van der Waals surface area (Å²) in [5, 5.41) is 4.25. The van der Waals surface area contributed by atoms with Crippen molar-refractivity contribution in [1.82, 2.24) is 9.97 Å². The Bertz CT molecular complexity index is 770. The van der Waals surface area contributed by atoms with Gasteiger partial charge in [0.2, 0.25) is 0 Å². The second kappa shape index (κ2) is 4.87. The van der Waals surface area contributed by atoms with Crippen LogP contribution in [0.15, 0.2) is 24.3 Å². The molecule has 0 aliphatic carbocycles. The number of thiophene rings is 1. The second-order valence-electron chi connectivity index (χ2n) is 5.02. The molecule has 0 saturated carbocycles. The second-order valence-corrected chi connectivity index (χ2v) is 6.27. The molecule has 0 aliphatic rings. The minimum absolute atomic E-state index is 0.798. The Morgan fingerprint density at radius 3 is 2.50 bits per heavy atom. The minimum Gasteiger partial charge on any atom is -0.373 e. The van der Waals surface area contributed by atoms with E-state index < -0.39 is 0 Å². The zero-order valence-corrected chi connectivity index (χ0v) is 12.9. The standard InChI is InChI=1S/C16H17N3S/c1-9-5-6-13-12(7-9)15(17-4)19-16(18-13)14-8-10(2)11(3)20-14/h5-8H,1-4H3,(H,17,18,19). The molecule has 20 heavy (non-hydrogen) atoms. The fourth-order valence-electron chi connectivity index (χ4n) is 2.23. The number of nitrogens with one attached hydrogen (secondary N) is 1. The van der Waals surface area contributed by atoms with Crippen LogP contribution in [0.3, 0.4) is 0 Å². The number of anilines is 1. The van der Waals surface area contributed by atoms with Crippen molar-refractivity contribution in [2.75, 3.05) is 12.4 Å². The van der Waals surface area contributed by atoms with Gasteiger partial charge in [-0.15, -0.1) is 11.3 Å². The van der Waals surface area contributed by atoms with E-state index in [1.54, 1.807) is 11.3 Å². The van der Waals surface area contributed by atoms with E-state index in [0.717, 1.165) is 27.4 Å². The van der Waals surface area contributed by atoms with Crippen molar-refractivity contribution < 1.29 is 0 Å². The van der Waals surface area contributed by atoms with Crippen LogP contribution in [0.5, 0.6) is 0 Å². The van der Waals surface area contributed by atoms with Crippen LogP contribution in [-0.4, -0.2) is 17.0 Å². The zero-order chi connectivity index (χ0) is 14.3. The van der Waals surface area contributed by atoms with Crippen molar-refractivity contribution >= 4 is 28.1 Å². The normalized spacial score (nSPS) is 11.0. The van der Waals surface area contributed by atoms with Crippen molar-refractivity contribution in [3.05, 3.63) is 40.3 Å². The Labute approximate surface area is 122 Å². The molecular weight excluding hydrogens is 266 g/mol. The molecule has 2 heterocycles. The molecule has 3 aromatic rings. The molecule has 0 saturated heterocycles. The van der Waals surface area contributed by atoms with Gasteiger partial charge >= 0.3 is 0 Å². The molecule has 0 spiro atoms. The quantitative estimate of drug-likeness (QED) is 0.761. The molecule has 0 unspecified atom stereocenters. The lowest BCUT2D eigenvalue weighted by Crippen LogP contribution is -1.98. The molecule has 2 aromatic heterocycles. The summed E-state index contributed by atoms with van der Waals surface area (Å²) >= 11 is 1.75. The third-order valence-corrected chi connectivity index (χ3v) is 4.62. The number of benzene rings is 1. The number of hydrogen-bond acceptors (Lipinski definition) is 4. The lowest BCUT2D eigenvalue weighted by molar-refractivity contribution is 1.22. The summed E-state index contributed by atoms with van der Waals surface area (Å²) < 4.78 is 0. The predicted octanol–water partition coefficient (Wildman–Crippen LogP) is 4.33. The summed E-state index contributed by atoms with van der Waals surface area (Å²) in [5.74, 6) is 1.68. The van der Waals surface area contributed by atoms with Crippen LogP contribution in [0.4, 0.5) is 5.82 Å². The van der Waals surface area contributed by atoms with E-state index in [-0.39, 0.29) is 0 Å². The fraction of sp³-hybridized carbons (Fsp3) is 0.250. The van der Waals surface area contributed by atoms with Gasteiger partial charge in [-0.2, -0.15) is 0 Å². The smallest absolute Gasteiger partial charge is 0.172 e. The Hall–Kier alpha value is -1.94. The summed E-state index contributed by atoms with van der Waals surface area (Å²) in [6.07, 6.45) is 0. The maximum atomic E-state index is 4.71. The first-order chi connectivity index (χ1) is 9.58. The zero-order valence-electron chi connectivity index (χ0n) is 12.1. The van der Waals surface area contributed by atoms with Gasteiger partial charge in [-0.25, -0.2) is 9.97 Å². The number of nitrogens with zero attached hydrogens (tertiary/aromatic N) is 2. The van der Waals surface area contributed by atoms with Crippen molar-refractivity contribution in [3.8, 4) is 10.7 Å².